The van der Waals surface area contributed by atoms with Gasteiger partial charge in [-0.1, -0.05) is 0 Å². The van der Waals surface area contributed by atoms with Crippen LogP contribution in [0.25, 0.3) is 0 Å². The van der Waals surface area contributed by atoms with E-state index in [1.807, 2.05) is 0 Å². The number of ether oxygens (including phenoxy) is 1. The molecule has 0 aliphatic rings. The molecule has 0 rings (SSSR count). The third-order valence-corrected chi connectivity index (χ3v) is 2.57. The van der Waals surface area contributed by atoms with Crippen molar-refractivity contribution in [1.82, 2.24) is 0 Å². The molecule has 0 radical (unpaired) electrons. The maximum Gasteiger partial charge on any atom is 0.377 e. The molecular formula is C8H15F2NO2S. The molecule has 0 saturated heterocycles. The van der Waals surface area contributed by atoms with Crippen LogP contribution in [-0.4, -0.2) is 36.0 Å². The van der Waals surface area contributed by atoms with E-state index in [-0.39, 0.29) is 12.6 Å². The van der Waals surface area contributed by atoms with Gasteiger partial charge >= 0.3 is 11.9 Å². The Morgan fingerprint density at radius 1 is 1.64 bits per heavy atom. The first-order valence-corrected chi connectivity index (χ1v) is 5.44. The van der Waals surface area contributed by atoms with E-state index >= 15 is 0 Å². The first-order chi connectivity index (χ1) is 6.40. The summed E-state index contributed by atoms with van der Waals surface area (Å²) in [6.45, 7) is 3.17. The van der Waals surface area contributed by atoms with Crippen LogP contribution in [0.4, 0.5) is 8.78 Å². The zero-order chi connectivity index (χ0) is 11.2. The molecule has 0 aliphatic heterocycles. The third-order valence-electron chi connectivity index (χ3n) is 1.24. The second kappa shape index (κ2) is 6.19. The van der Waals surface area contributed by atoms with Crippen molar-refractivity contribution in [1.29, 1.82) is 0 Å². The van der Waals surface area contributed by atoms with Gasteiger partial charge in [0.1, 0.15) is 0 Å². The monoisotopic (exact) mass is 227 g/mol. The first kappa shape index (κ1) is 13.6. The number of nitrogens with two attached hydrogens (primary N) is 1. The van der Waals surface area contributed by atoms with Gasteiger partial charge in [0.2, 0.25) is 0 Å². The highest BCUT2D eigenvalue weighted by Gasteiger charge is 2.40. The van der Waals surface area contributed by atoms with Crippen LogP contribution in [0, 0.1) is 0 Å². The molecule has 0 aromatic carbocycles. The summed E-state index contributed by atoms with van der Waals surface area (Å²) in [6.07, 6.45) is 0. The van der Waals surface area contributed by atoms with Crippen molar-refractivity contribution in [2.75, 3.05) is 18.1 Å². The molecule has 0 amide bonds. The Balaban J connectivity index is 3.87. The van der Waals surface area contributed by atoms with E-state index in [4.69, 9.17) is 5.73 Å². The summed E-state index contributed by atoms with van der Waals surface area (Å²) in [7, 11) is 0. The zero-order valence-corrected chi connectivity index (χ0v) is 9.07. The Kier molecular flexibility index (Phi) is 6.03. The predicted molar refractivity (Wildman–Crippen MR) is 52.6 cm³/mol. The van der Waals surface area contributed by atoms with Crippen LogP contribution in [-0.2, 0) is 9.53 Å². The number of hydrogen-bond donors (Lipinski definition) is 1. The number of alkyl halides is 2. The Labute approximate surface area is 86.4 Å². The largest absolute Gasteiger partial charge is 0.462 e. The lowest BCUT2D eigenvalue weighted by molar-refractivity contribution is -0.167. The summed E-state index contributed by atoms with van der Waals surface area (Å²) in [6, 6.07) is -0.155. The van der Waals surface area contributed by atoms with Crippen LogP contribution in [0.15, 0.2) is 0 Å². The quantitative estimate of drug-likeness (QED) is 0.694. The average Bonchev–Trinajstić information content (AvgIpc) is 2.03. The molecule has 0 heterocycles. The molecule has 1 atom stereocenters. The number of carbonyl (C=O) groups excluding carboxylic acids is 1. The van der Waals surface area contributed by atoms with E-state index in [2.05, 4.69) is 4.74 Å². The van der Waals surface area contributed by atoms with Gasteiger partial charge in [-0.15, -0.1) is 0 Å². The summed E-state index contributed by atoms with van der Waals surface area (Å²) in [4.78, 5) is 10.7. The van der Waals surface area contributed by atoms with Gasteiger partial charge in [-0.3, -0.25) is 0 Å². The number of thioether (sulfide) groups is 1. The van der Waals surface area contributed by atoms with Crippen molar-refractivity contribution in [2.24, 2.45) is 5.73 Å². The fourth-order valence-corrected chi connectivity index (χ4v) is 1.53. The molecule has 84 valence electrons. The van der Waals surface area contributed by atoms with Crippen LogP contribution < -0.4 is 5.73 Å². The van der Waals surface area contributed by atoms with Gasteiger partial charge in [0, 0.05) is 11.8 Å². The molecule has 0 aromatic rings. The minimum absolute atomic E-state index is 0.0353. The van der Waals surface area contributed by atoms with Gasteiger partial charge < -0.3 is 10.5 Å². The number of esters is 1. The van der Waals surface area contributed by atoms with E-state index in [0.717, 1.165) is 11.8 Å². The lowest BCUT2D eigenvalue weighted by atomic mass is 10.4. The van der Waals surface area contributed by atoms with Gasteiger partial charge in [0.15, 0.2) is 0 Å². The maximum atomic E-state index is 12.9. The SMILES string of the molecule is CCOC(=O)C(F)(F)CSCC(C)N. The van der Waals surface area contributed by atoms with E-state index in [1.165, 1.54) is 6.92 Å². The molecule has 6 heteroatoms. The van der Waals surface area contributed by atoms with Gasteiger partial charge in [0.25, 0.3) is 0 Å². The molecule has 1 unspecified atom stereocenters. The van der Waals surface area contributed by atoms with Crippen LogP contribution in [0.1, 0.15) is 13.8 Å². The third kappa shape index (κ3) is 5.39. The predicted octanol–water partition coefficient (Wildman–Crippen LogP) is 1.27. The van der Waals surface area contributed by atoms with Gasteiger partial charge in [-0.05, 0) is 13.8 Å². The molecular weight excluding hydrogens is 212 g/mol. The maximum absolute atomic E-state index is 12.9. The minimum Gasteiger partial charge on any atom is -0.462 e. The summed E-state index contributed by atoms with van der Waals surface area (Å²) in [5.74, 6) is -5.05. The fourth-order valence-electron chi connectivity index (χ4n) is 0.669. The van der Waals surface area contributed by atoms with Crippen LogP contribution >= 0.6 is 11.8 Å². The van der Waals surface area contributed by atoms with Crippen molar-refractivity contribution < 1.29 is 18.3 Å². The summed E-state index contributed by atoms with van der Waals surface area (Å²) in [5, 5.41) is 0. The lowest BCUT2D eigenvalue weighted by Crippen LogP contribution is -2.34. The highest BCUT2D eigenvalue weighted by Crippen LogP contribution is 2.21. The standard InChI is InChI=1S/C8H15F2NO2S/c1-3-13-7(12)8(9,10)5-14-4-6(2)11/h6H,3-5,11H2,1-2H3. The smallest absolute Gasteiger partial charge is 0.377 e. The molecule has 0 fully saturated rings. The van der Waals surface area contributed by atoms with E-state index in [1.54, 1.807) is 6.92 Å². The number of rotatable bonds is 6. The molecule has 0 aliphatic carbocycles. The minimum atomic E-state index is -3.41. The molecule has 2 N–H and O–H groups in total. The Bertz CT molecular complexity index is 188. The molecule has 0 bridgehead atoms. The molecule has 0 aromatic heterocycles. The van der Waals surface area contributed by atoms with Crippen molar-refractivity contribution in [2.45, 2.75) is 25.8 Å². The van der Waals surface area contributed by atoms with Crippen molar-refractivity contribution in [3.05, 3.63) is 0 Å². The van der Waals surface area contributed by atoms with Crippen LogP contribution in [0.2, 0.25) is 0 Å². The second-order valence-corrected chi connectivity index (χ2v) is 3.95. The lowest BCUT2D eigenvalue weighted by Gasteiger charge is -2.14. The average molecular weight is 227 g/mol. The Morgan fingerprint density at radius 3 is 2.64 bits per heavy atom. The summed E-state index contributed by atoms with van der Waals surface area (Å²) in [5.41, 5.74) is 5.37. The Morgan fingerprint density at radius 2 is 2.21 bits per heavy atom. The van der Waals surface area contributed by atoms with E-state index < -0.39 is 17.6 Å². The van der Waals surface area contributed by atoms with Crippen LogP contribution in [0.3, 0.4) is 0 Å². The first-order valence-electron chi connectivity index (χ1n) is 4.28. The molecule has 3 nitrogen and oxygen atoms in total. The number of carbonyl (C=O) groups is 1. The topological polar surface area (TPSA) is 52.3 Å². The highest BCUT2D eigenvalue weighted by molar-refractivity contribution is 7.99. The molecule has 0 saturated carbocycles. The second-order valence-electron chi connectivity index (χ2n) is 2.92. The fraction of sp³-hybridized carbons (Fsp3) is 0.875. The summed E-state index contributed by atoms with van der Waals surface area (Å²) < 4.78 is 30.1. The van der Waals surface area contributed by atoms with Gasteiger partial charge in [-0.2, -0.15) is 20.5 Å². The van der Waals surface area contributed by atoms with Crippen LogP contribution in [0.5, 0.6) is 0 Å². The summed E-state index contributed by atoms with van der Waals surface area (Å²) >= 11 is 0.947. The van der Waals surface area contributed by atoms with E-state index in [0.29, 0.717) is 5.75 Å². The molecule has 14 heavy (non-hydrogen) atoms. The van der Waals surface area contributed by atoms with E-state index in [9.17, 15) is 13.6 Å². The van der Waals surface area contributed by atoms with Crippen molar-refractivity contribution >= 4 is 17.7 Å². The number of hydrogen-bond acceptors (Lipinski definition) is 4. The van der Waals surface area contributed by atoms with Crippen molar-refractivity contribution in [3.63, 3.8) is 0 Å². The van der Waals surface area contributed by atoms with Crippen molar-refractivity contribution in [3.8, 4) is 0 Å². The Hall–Kier alpha value is -0.360. The number of halogens is 2. The van der Waals surface area contributed by atoms with Gasteiger partial charge in [0.05, 0.1) is 12.4 Å². The normalized spacial score (nSPS) is 13.8. The zero-order valence-electron chi connectivity index (χ0n) is 8.26. The molecule has 0 spiro atoms. The highest BCUT2D eigenvalue weighted by atomic mass is 32.2. The van der Waals surface area contributed by atoms with Gasteiger partial charge in [-0.25, -0.2) is 4.79 Å².